The molecule has 3 heterocycles. The number of rotatable bonds is 4. The summed E-state index contributed by atoms with van der Waals surface area (Å²) in [5.74, 6) is 0.929. The van der Waals surface area contributed by atoms with E-state index in [1.165, 1.54) is 17.3 Å². The Labute approximate surface area is 168 Å². The SMILES string of the molecule is Cc1cc(C)n2c(SCC(=O)C=C3N(C)c4ccccc4C3(C)C)nnc2n1. The monoisotopic (exact) mass is 393 g/mol. The Bertz CT molecular complexity index is 1120. The summed E-state index contributed by atoms with van der Waals surface area (Å²) >= 11 is 1.39. The van der Waals surface area contributed by atoms with Crippen molar-refractivity contribution in [3.63, 3.8) is 0 Å². The largest absolute Gasteiger partial charge is 0.347 e. The van der Waals surface area contributed by atoms with Gasteiger partial charge in [-0.05, 0) is 31.5 Å². The zero-order chi connectivity index (χ0) is 20.1. The molecule has 0 N–H and O–H groups in total. The highest BCUT2D eigenvalue weighted by atomic mass is 32.2. The minimum atomic E-state index is -0.203. The highest BCUT2D eigenvalue weighted by Crippen LogP contribution is 2.46. The number of fused-ring (bicyclic) bond motifs is 2. The van der Waals surface area contributed by atoms with Crippen molar-refractivity contribution < 1.29 is 4.79 Å². The predicted octanol–water partition coefficient (Wildman–Crippen LogP) is 3.71. The topological polar surface area (TPSA) is 63.4 Å². The number of ketones is 1. The molecule has 7 heteroatoms. The number of carbonyl (C=O) groups excluding carboxylic acids is 1. The lowest BCUT2D eigenvalue weighted by molar-refractivity contribution is -0.112. The molecule has 6 nitrogen and oxygen atoms in total. The van der Waals surface area contributed by atoms with E-state index in [0.717, 1.165) is 22.8 Å². The van der Waals surface area contributed by atoms with Crippen molar-refractivity contribution >= 4 is 29.0 Å². The van der Waals surface area contributed by atoms with Gasteiger partial charge in [0.05, 0.1) is 5.75 Å². The zero-order valence-electron chi connectivity index (χ0n) is 16.7. The number of carbonyl (C=O) groups is 1. The summed E-state index contributed by atoms with van der Waals surface area (Å²) < 4.78 is 1.89. The molecule has 0 fully saturated rings. The molecule has 1 aliphatic heterocycles. The molecule has 0 aliphatic carbocycles. The van der Waals surface area contributed by atoms with Crippen molar-refractivity contribution in [3.05, 3.63) is 59.1 Å². The molecular formula is C21H23N5OS. The van der Waals surface area contributed by atoms with Gasteiger partial charge in [0, 0.05) is 41.3 Å². The van der Waals surface area contributed by atoms with Gasteiger partial charge in [-0.1, -0.05) is 43.8 Å². The van der Waals surface area contributed by atoms with Crippen molar-refractivity contribution in [2.45, 2.75) is 38.3 Å². The van der Waals surface area contributed by atoms with Crippen molar-refractivity contribution in [2.24, 2.45) is 0 Å². The van der Waals surface area contributed by atoms with E-state index in [4.69, 9.17) is 0 Å². The minimum absolute atomic E-state index is 0.0576. The summed E-state index contributed by atoms with van der Waals surface area (Å²) in [6.45, 7) is 8.24. The molecule has 0 radical (unpaired) electrons. The summed E-state index contributed by atoms with van der Waals surface area (Å²) in [6.07, 6.45) is 1.77. The Morgan fingerprint density at radius 1 is 1.21 bits per heavy atom. The third-order valence-corrected chi connectivity index (χ3v) is 6.20. The molecule has 0 atom stereocenters. The quantitative estimate of drug-likeness (QED) is 0.497. The standard InChI is InChI=1S/C21H23N5OS/c1-13-10-14(2)26-19(22-13)23-24-20(26)28-12-15(27)11-18-21(3,4)16-8-6-7-9-17(16)25(18)5/h6-11H,12H2,1-5H3. The number of benzene rings is 1. The first-order valence-electron chi connectivity index (χ1n) is 9.19. The lowest BCUT2D eigenvalue weighted by Crippen LogP contribution is -2.24. The molecule has 0 saturated heterocycles. The third-order valence-electron chi connectivity index (χ3n) is 5.24. The fourth-order valence-electron chi connectivity index (χ4n) is 3.88. The highest BCUT2D eigenvalue weighted by Gasteiger charge is 2.38. The van der Waals surface area contributed by atoms with Crippen molar-refractivity contribution in [1.82, 2.24) is 19.6 Å². The van der Waals surface area contributed by atoms with Crippen LogP contribution in [0.3, 0.4) is 0 Å². The summed E-state index contributed by atoms with van der Waals surface area (Å²) in [5, 5.41) is 9.03. The van der Waals surface area contributed by atoms with Crippen LogP contribution < -0.4 is 4.90 Å². The molecular weight excluding hydrogens is 370 g/mol. The van der Waals surface area contributed by atoms with Crippen LogP contribution in [-0.4, -0.2) is 38.2 Å². The lowest BCUT2D eigenvalue weighted by Gasteiger charge is -2.23. The Kier molecular flexibility index (Phi) is 4.50. The van der Waals surface area contributed by atoms with Crippen molar-refractivity contribution in [2.75, 3.05) is 17.7 Å². The molecule has 0 spiro atoms. The first-order chi connectivity index (χ1) is 13.3. The van der Waals surface area contributed by atoms with E-state index in [-0.39, 0.29) is 11.2 Å². The summed E-state index contributed by atoms with van der Waals surface area (Å²) in [5.41, 5.74) is 5.11. The van der Waals surface area contributed by atoms with Gasteiger partial charge in [-0.25, -0.2) is 4.98 Å². The van der Waals surface area contributed by atoms with E-state index in [1.54, 1.807) is 6.08 Å². The summed E-state index contributed by atoms with van der Waals surface area (Å²) in [4.78, 5) is 19.3. The number of nitrogens with zero attached hydrogens (tertiary/aromatic N) is 5. The van der Waals surface area contributed by atoms with Crippen LogP contribution in [0.2, 0.25) is 0 Å². The molecule has 1 aromatic carbocycles. The van der Waals surface area contributed by atoms with Gasteiger partial charge in [0.15, 0.2) is 10.9 Å². The van der Waals surface area contributed by atoms with Crippen LogP contribution in [0.5, 0.6) is 0 Å². The molecule has 2 aromatic heterocycles. The van der Waals surface area contributed by atoms with E-state index in [1.807, 2.05) is 43.5 Å². The number of thioether (sulfide) groups is 1. The zero-order valence-corrected chi connectivity index (χ0v) is 17.5. The third kappa shape index (κ3) is 2.99. The molecule has 28 heavy (non-hydrogen) atoms. The number of allylic oxidation sites excluding steroid dienone is 2. The molecule has 3 aromatic rings. The number of aromatic nitrogens is 4. The van der Waals surface area contributed by atoms with E-state index in [9.17, 15) is 4.79 Å². The van der Waals surface area contributed by atoms with Gasteiger partial charge in [0.1, 0.15) is 0 Å². The van der Waals surface area contributed by atoms with E-state index < -0.39 is 0 Å². The molecule has 1 aliphatic rings. The van der Waals surface area contributed by atoms with Crippen LogP contribution in [0, 0.1) is 13.8 Å². The van der Waals surface area contributed by atoms with Gasteiger partial charge in [-0.3, -0.25) is 9.20 Å². The van der Waals surface area contributed by atoms with Crippen LogP contribution >= 0.6 is 11.8 Å². The van der Waals surface area contributed by atoms with Crippen LogP contribution in [0.15, 0.2) is 47.3 Å². The number of likely N-dealkylation sites (N-methyl/N-ethyl adjacent to an activating group) is 1. The number of hydrogen-bond donors (Lipinski definition) is 0. The lowest BCUT2D eigenvalue weighted by atomic mass is 9.83. The Balaban J connectivity index is 1.56. The number of para-hydroxylation sites is 1. The maximum absolute atomic E-state index is 12.8. The Morgan fingerprint density at radius 2 is 1.96 bits per heavy atom. The normalized spacial score (nSPS) is 16.8. The molecule has 0 bridgehead atoms. The van der Waals surface area contributed by atoms with Gasteiger partial charge in [0.25, 0.3) is 5.78 Å². The summed E-state index contributed by atoms with van der Waals surface area (Å²) in [6, 6.07) is 10.3. The highest BCUT2D eigenvalue weighted by molar-refractivity contribution is 7.99. The van der Waals surface area contributed by atoms with Gasteiger partial charge < -0.3 is 4.90 Å². The van der Waals surface area contributed by atoms with Crippen LogP contribution in [0.25, 0.3) is 5.78 Å². The van der Waals surface area contributed by atoms with Crippen molar-refractivity contribution in [3.8, 4) is 0 Å². The molecule has 0 unspecified atom stereocenters. The maximum Gasteiger partial charge on any atom is 0.256 e. The molecule has 0 saturated carbocycles. The second-order valence-corrected chi connectivity index (χ2v) is 8.59. The smallest absolute Gasteiger partial charge is 0.256 e. The van der Waals surface area contributed by atoms with E-state index in [2.05, 4.69) is 46.1 Å². The minimum Gasteiger partial charge on any atom is -0.347 e. The average Bonchev–Trinajstić information content (AvgIpc) is 3.13. The molecule has 144 valence electrons. The van der Waals surface area contributed by atoms with Crippen LogP contribution in [0.1, 0.15) is 30.8 Å². The van der Waals surface area contributed by atoms with Gasteiger partial charge in [-0.15, -0.1) is 10.2 Å². The first kappa shape index (κ1) is 18.7. The Morgan fingerprint density at radius 3 is 2.71 bits per heavy atom. The fraction of sp³-hybridized carbons (Fsp3) is 0.333. The predicted molar refractivity (Wildman–Crippen MR) is 112 cm³/mol. The number of anilines is 1. The number of aryl methyl sites for hydroxylation is 2. The van der Waals surface area contributed by atoms with Gasteiger partial charge in [-0.2, -0.15) is 0 Å². The maximum atomic E-state index is 12.8. The molecule has 4 rings (SSSR count). The van der Waals surface area contributed by atoms with Crippen LogP contribution in [0.4, 0.5) is 5.69 Å². The average molecular weight is 394 g/mol. The van der Waals surface area contributed by atoms with Crippen molar-refractivity contribution in [1.29, 1.82) is 0 Å². The number of hydrogen-bond acceptors (Lipinski definition) is 6. The van der Waals surface area contributed by atoms with Gasteiger partial charge in [0.2, 0.25) is 0 Å². The van der Waals surface area contributed by atoms with E-state index >= 15 is 0 Å². The Hall–Kier alpha value is -2.67. The van der Waals surface area contributed by atoms with Gasteiger partial charge >= 0.3 is 0 Å². The second kappa shape index (κ2) is 6.74. The molecule has 0 amide bonds. The second-order valence-electron chi connectivity index (χ2n) is 7.64. The fourth-order valence-corrected chi connectivity index (χ4v) is 4.69. The first-order valence-corrected chi connectivity index (χ1v) is 10.2. The van der Waals surface area contributed by atoms with Crippen LogP contribution in [-0.2, 0) is 10.2 Å². The van der Waals surface area contributed by atoms with E-state index in [0.29, 0.717) is 16.7 Å². The summed E-state index contributed by atoms with van der Waals surface area (Å²) in [7, 11) is 2.02.